The van der Waals surface area contributed by atoms with E-state index in [-0.39, 0.29) is 5.70 Å². The van der Waals surface area contributed by atoms with Crippen LogP contribution in [0.4, 0.5) is 17.1 Å². The third-order valence-corrected chi connectivity index (χ3v) is 9.41. The zero-order chi connectivity index (χ0) is 29.8. The van der Waals surface area contributed by atoms with Gasteiger partial charge in [-0.05, 0) is 95.3 Å². The maximum absolute atomic E-state index is 11.3. The summed E-state index contributed by atoms with van der Waals surface area (Å²) < 4.78 is 0. The van der Waals surface area contributed by atoms with Crippen LogP contribution >= 0.6 is 22.7 Å². The van der Waals surface area contributed by atoms with E-state index < -0.39 is 5.97 Å². The molecule has 0 atom stereocenters. The molecular formula is C36H32N2O2S2. The van der Waals surface area contributed by atoms with Crippen LogP contribution in [0.2, 0.25) is 0 Å². The van der Waals surface area contributed by atoms with E-state index in [9.17, 15) is 9.90 Å². The Bertz CT molecular complexity index is 1710. The lowest BCUT2D eigenvalue weighted by Crippen LogP contribution is -2.16. The predicted molar refractivity (Wildman–Crippen MR) is 178 cm³/mol. The molecule has 3 aromatic carbocycles. The first-order valence-electron chi connectivity index (χ1n) is 13.9. The highest BCUT2D eigenvalue weighted by molar-refractivity contribution is 7.24. The number of anilines is 3. The van der Waals surface area contributed by atoms with Crippen LogP contribution < -0.4 is 4.90 Å². The maximum Gasteiger partial charge on any atom is 0.333 e. The molecule has 2 heterocycles. The van der Waals surface area contributed by atoms with Crippen molar-refractivity contribution in [2.24, 2.45) is 0 Å². The Morgan fingerprint density at radius 2 is 1.26 bits per heavy atom. The molecule has 0 amide bonds. The summed E-state index contributed by atoms with van der Waals surface area (Å²) in [7, 11) is 0. The van der Waals surface area contributed by atoms with Gasteiger partial charge in [0.05, 0.1) is 12.3 Å². The number of para-hydroxylation sites is 2. The van der Waals surface area contributed by atoms with Gasteiger partial charge in [0, 0.05) is 30.9 Å². The van der Waals surface area contributed by atoms with Crippen LogP contribution in [0, 0.1) is 6.57 Å². The monoisotopic (exact) mass is 588 g/mol. The van der Waals surface area contributed by atoms with Crippen molar-refractivity contribution in [3.63, 3.8) is 0 Å². The number of thiophene rings is 2. The van der Waals surface area contributed by atoms with Crippen LogP contribution in [0.25, 0.3) is 31.1 Å². The van der Waals surface area contributed by atoms with Gasteiger partial charge in [0.1, 0.15) is 0 Å². The summed E-state index contributed by atoms with van der Waals surface area (Å²) in [5.74, 6) is -0.615. The van der Waals surface area contributed by atoms with E-state index in [0.29, 0.717) is 11.8 Å². The van der Waals surface area contributed by atoms with E-state index in [1.807, 2.05) is 12.1 Å². The van der Waals surface area contributed by atoms with E-state index in [1.54, 1.807) is 11.3 Å². The summed E-state index contributed by atoms with van der Waals surface area (Å²) in [4.78, 5) is 20.9. The third kappa shape index (κ3) is 6.08. The first-order valence-corrected chi connectivity index (χ1v) is 15.5. The van der Waals surface area contributed by atoms with Crippen LogP contribution in [-0.2, 0) is 4.79 Å². The van der Waals surface area contributed by atoms with Crippen molar-refractivity contribution in [3.05, 3.63) is 130 Å². The first-order chi connectivity index (χ1) is 20.3. The Labute approximate surface area is 255 Å². The summed E-state index contributed by atoms with van der Waals surface area (Å²) in [6, 6.07) is 34.0. The fraction of sp³-hybridized carbons (Fsp3) is 0.167. The minimum absolute atomic E-state index is 0.280. The number of hydrogen-bond donors (Lipinski definition) is 1. The molecule has 2 aromatic heterocycles. The summed E-state index contributed by atoms with van der Waals surface area (Å²) in [5.41, 5.74) is 7.00. The van der Waals surface area contributed by atoms with E-state index in [4.69, 9.17) is 6.57 Å². The van der Waals surface area contributed by atoms with Crippen molar-refractivity contribution in [2.75, 3.05) is 4.90 Å². The smallest absolute Gasteiger partial charge is 0.333 e. The van der Waals surface area contributed by atoms with E-state index >= 15 is 0 Å². The molecule has 0 saturated heterocycles. The van der Waals surface area contributed by atoms with Crippen molar-refractivity contribution >= 4 is 51.8 Å². The fourth-order valence-corrected chi connectivity index (χ4v) is 7.02. The average molecular weight is 589 g/mol. The van der Waals surface area contributed by atoms with E-state index in [1.165, 1.54) is 44.7 Å². The van der Waals surface area contributed by atoms with Crippen LogP contribution in [0.3, 0.4) is 0 Å². The molecule has 1 N–H and O–H groups in total. The molecule has 0 radical (unpaired) electrons. The van der Waals surface area contributed by atoms with Crippen LogP contribution in [0.1, 0.15) is 55.5 Å². The number of aliphatic carboxylic acids is 1. The molecule has 5 aromatic rings. The normalized spacial score (nSPS) is 11.6. The minimum atomic E-state index is -1.21. The number of carboxylic acids is 1. The standard InChI is InChI=1S/C36H32N2O2S2/c1-23(2)29-20-25(32-18-19-34(42-32)33-17-16-28(41-33)22-31(37-5)36(39)40)21-30(24(3)4)35(29)38(26-12-8-6-9-13-26)27-14-10-7-11-15-27/h6-24H,1-4H3,(H,39,40)/b31-22-. The quantitative estimate of drug-likeness (QED) is 0.138. The molecule has 0 spiro atoms. The highest BCUT2D eigenvalue weighted by Crippen LogP contribution is 2.47. The Morgan fingerprint density at radius 3 is 1.76 bits per heavy atom. The zero-order valence-electron chi connectivity index (χ0n) is 24.0. The summed E-state index contributed by atoms with van der Waals surface area (Å²) >= 11 is 3.22. The fourth-order valence-electron chi connectivity index (χ4n) is 4.99. The second-order valence-electron chi connectivity index (χ2n) is 10.6. The number of carbonyl (C=O) groups is 1. The number of carboxylic acid groups (broad SMARTS) is 1. The summed E-state index contributed by atoms with van der Waals surface area (Å²) in [5, 5.41) is 9.22. The number of nitrogens with zero attached hydrogens (tertiary/aromatic N) is 2. The van der Waals surface area contributed by atoms with Gasteiger partial charge < -0.3 is 10.0 Å². The van der Waals surface area contributed by atoms with Crippen LogP contribution in [-0.4, -0.2) is 11.1 Å². The first kappa shape index (κ1) is 29.1. The molecule has 0 bridgehead atoms. The summed E-state index contributed by atoms with van der Waals surface area (Å²) in [6.07, 6.45) is 1.44. The topological polar surface area (TPSA) is 44.9 Å². The van der Waals surface area contributed by atoms with Gasteiger partial charge in [-0.15, -0.1) is 22.7 Å². The van der Waals surface area contributed by atoms with E-state index in [2.05, 4.69) is 122 Å². The molecule has 6 heteroatoms. The van der Waals surface area contributed by atoms with Gasteiger partial charge in [0.2, 0.25) is 0 Å². The Morgan fingerprint density at radius 1 is 0.762 bits per heavy atom. The molecule has 0 saturated carbocycles. The number of rotatable bonds is 9. The molecule has 0 fully saturated rings. The molecule has 0 aliphatic heterocycles. The lowest BCUT2D eigenvalue weighted by atomic mass is 9.88. The molecule has 0 aliphatic carbocycles. The van der Waals surface area contributed by atoms with Gasteiger partial charge in [-0.2, -0.15) is 0 Å². The molecule has 0 aliphatic rings. The Hall–Kier alpha value is -4.44. The van der Waals surface area contributed by atoms with Gasteiger partial charge in [-0.1, -0.05) is 64.1 Å². The Kier molecular flexibility index (Phi) is 8.72. The molecule has 0 unspecified atom stereocenters. The van der Waals surface area contributed by atoms with Crippen molar-refractivity contribution in [3.8, 4) is 20.2 Å². The second kappa shape index (κ2) is 12.6. The van der Waals surface area contributed by atoms with Crippen molar-refractivity contribution < 1.29 is 9.90 Å². The molecule has 5 rings (SSSR count). The minimum Gasteiger partial charge on any atom is -0.486 e. The van der Waals surface area contributed by atoms with Gasteiger partial charge in [0.15, 0.2) is 0 Å². The molecule has 4 nitrogen and oxygen atoms in total. The molecular weight excluding hydrogens is 557 g/mol. The van der Waals surface area contributed by atoms with Gasteiger partial charge in [-0.25, -0.2) is 4.85 Å². The average Bonchev–Trinajstić information content (AvgIpc) is 3.67. The Balaban J connectivity index is 1.61. The maximum atomic E-state index is 11.3. The highest BCUT2D eigenvalue weighted by atomic mass is 32.1. The lowest BCUT2D eigenvalue weighted by molar-refractivity contribution is -0.132. The zero-order valence-corrected chi connectivity index (χ0v) is 25.7. The lowest BCUT2D eigenvalue weighted by Gasteiger charge is -2.32. The van der Waals surface area contributed by atoms with Crippen molar-refractivity contribution in [1.82, 2.24) is 0 Å². The molecule has 42 heavy (non-hydrogen) atoms. The highest BCUT2D eigenvalue weighted by Gasteiger charge is 2.24. The number of hydrogen-bond acceptors (Lipinski definition) is 4. The van der Waals surface area contributed by atoms with Crippen molar-refractivity contribution in [1.29, 1.82) is 0 Å². The van der Waals surface area contributed by atoms with Crippen LogP contribution in [0.15, 0.2) is 103 Å². The predicted octanol–water partition coefficient (Wildman–Crippen LogP) is 11.2. The third-order valence-electron chi connectivity index (χ3n) is 7.04. The van der Waals surface area contributed by atoms with E-state index in [0.717, 1.165) is 26.0 Å². The van der Waals surface area contributed by atoms with Gasteiger partial charge in [-0.3, -0.25) is 4.79 Å². The number of benzene rings is 3. The largest absolute Gasteiger partial charge is 0.486 e. The molecule has 210 valence electrons. The van der Waals surface area contributed by atoms with Gasteiger partial charge in [0.25, 0.3) is 5.70 Å². The second-order valence-corrected chi connectivity index (χ2v) is 12.8. The van der Waals surface area contributed by atoms with Crippen LogP contribution in [0.5, 0.6) is 0 Å². The SMILES string of the molecule is [C-]#[N+]/C(=C\c1ccc(-c2ccc(-c3cc(C(C)C)c(N(c4ccccc4)c4ccccc4)c(C(C)C)c3)s2)s1)C(=O)O. The van der Waals surface area contributed by atoms with Gasteiger partial charge >= 0.3 is 5.97 Å². The summed E-state index contributed by atoms with van der Waals surface area (Å²) in [6.45, 7) is 16.2. The van der Waals surface area contributed by atoms with Crippen molar-refractivity contribution in [2.45, 2.75) is 39.5 Å².